The van der Waals surface area contributed by atoms with Crippen molar-refractivity contribution in [3.8, 4) is 5.75 Å². The molecular formula is C17H20O4. The maximum absolute atomic E-state index is 12.2. The summed E-state index contributed by atoms with van der Waals surface area (Å²) >= 11 is 0. The van der Waals surface area contributed by atoms with Gasteiger partial charge in [0, 0.05) is 16.9 Å². The van der Waals surface area contributed by atoms with Gasteiger partial charge in [-0.15, -0.1) is 0 Å². The number of furan rings is 1. The molecule has 2 aromatic rings. The third-order valence-corrected chi connectivity index (χ3v) is 4.37. The Kier molecular flexibility index (Phi) is 3.62. The molecule has 1 aromatic heterocycles. The number of carbonyl (C=O) groups excluding carboxylic acids is 1. The Balaban J connectivity index is 2.24. The second-order valence-electron chi connectivity index (χ2n) is 5.65. The van der Waals surface area contributed by atoms with E-state index in [1.165, 1.54) is 7.11 Å². The highest BCUT2D eigenvalue weighted by Gasteiger charge is 2.33. The van der Waals surface area contributed by atoms with E-state index >= 15 is 0 Å². The van der Waals surface area contributed by atoms with Crippen molar-refractivity contribution < 1.29 is 18.7 Å². The number of benzene rings is 1. The first-order valence-corrected chi connectivity index (χ1v) is 7.34. The van der Waals surface area contributed by atoms with E-state index in [0.29, 0.717) is 5.92 Å². The van der Waals surface area contributed by atoms with Gasteiger partial charge in [-0.2, -0.15) is 0 Å². The van der Waals surface area contributed by atoms with Crippen molar-refractivity contribution >= 4 is 16.9 Å². The lowest BCUT2D eigenvalue weighted by Gasteiger charge is -2.13. The van der Waals surface area contributed by atoms with Crippen LogP contribution < -0.4 is 4.74 Å². The molecule has 21 heavy (non-hydrogen) atoms. The van der Waals surface area contributed by atoms with Crippen molar-refractivity contribution in [2.45, 2.75) is 38.0 Å². The van der Waals surface area contributed by atoms with Crippen LogP contribution in [0.15, 0.2) is 22.6 Å². The van der Waals surface area contributed by atoms with Gasteiger partial charge in [0.2, 0.25) is 0 Å². The van der Waals surface area contributed by atoms with E-state index in [4.69, 9.17) is 13.9 Å². The Bertz CT molecular complexity index is 671. The molecule has 0 unspecified atom stereocenters. The summed E-state index contributed by atoms with van der Waals surface area (Å²) in [6.45, 7) is 2.15. The molecule has 0 bridgehead atoms. The van der Waals surface area contributed by atoms with Gasteiger partial charge in [0.05, 0.1) is 20.1 Å². The van der Waals surface area contributed by atoms with Crippen LogP contribution >= 0.6 is 0 Å². The minimum Gasteiger partial charge on any atom is -0.497 e. The molecule has 0 fully saturated rings. The largest absolute Gasteiger partial charge is 0.497 e. The van der Waals surface area contributed by atoms with Gasteiger partial charge in [-0.3, -0.25) is 4.79 Å². The molecule has 0 spiro atoms. The summed E-state index contributed by atoms with van der Waals surface area (Å²) in [5, 5.41) is 0.966. The lowest BCUT2D eigenvalue weighted by atomic mass is 9.93. The van der Waals surface area contributed by atoms with E-state index in [1.807, 2.05) is 18.2 Å². The van der Waals surface area contributed by atoms with Gasteiger partial charge in [0.15, 0.2) is 0 Å². The van der Waals surface area contributed by atoms with Crippen molar-refractivity contribution in [3.63, 3.8) is 0 Å². The highest BCUT2D eigenvalue weighted by Crippen LogP contribution is 2.43. The van der Waals surface area contributed by atoms with Crippen LogP contribution in [0.5, 0.6) is 5.75 Å². The molecule has 4 nitrogen and oxygen atoms in total. The highest BCUT2D eigenvalue weighted by atomic mass is 16.5. The number of methoxy groups -OCH3 is 2. The normalized spacial score (nSPS) is 21.7. The molecule has 4 heteroatoms. The molecular weight excluding hydrogens is 268 g/mol. The van der Waals surface area contributed by atoms with Crippen molar-refractivity contribution in [1.29, 1.82) is 0 Å². The van der Waals surface area contributed by atoms with E-state index in [2.05, 4.69) is 6.92 Å². The fourth-order valence-electron chi connectivity index (χ4n) is 3.25. The maximum Gasteiger partial charge on any atom is 0.313 e. The van der Waals surface area contributed by atoms with Crippen LogP contribution in [0.25, 0.3) is 11.0 Å². The summed E-state index contributed by atoms with van der Waals surface area (Å²) in [5.41, 5.74) is 1.80. The molecule has 1 heterocycles. The third kappa shape index (κ3) is 2.28. The lowest BCUT2D eigenvalue weighted by Crippen LogP contribution is -2.14. The second-order valence-corrected chi connectivity index (χ2v) is 5.65. The fraction of sp³-hybridized carbons (Fsp3) is 0.471. The summed E-state index contributed by atoms with van der Waals surface area (Å²) in [7, 11) is 3.08. The second kappa shape index (κ2) is 5.43. The van der Waals surface area contributed by atoms with Gasteiger partial charge in [-0.1, -0.05) is 13.3 Å². The minimum atomic E-state index is -0.247. The molecule has 0 amide bonds. The van der Waals surface area contributed by atoms with Gasteiger partial charge in [-0.05, 0) is 31.0 Å². The van der Waals surface area contributed by atoms with Crippen molar-refractivity contribution in [1.82, 2.24) is 0 Å². The molecule has 1 aliphatic carbocycles. The molecule has 1 aliphatic rings. The molecule has 0 saturated carbocycles. The lowest BCUT2D eigenvalue weighted by molar-refractivity contribution is -0.142. The Labute approximate surface area is 124 Å². The first-order chi connectivity index (χ1) is 10.2. The molecule has 3 rings (SSSR count). The van der Waals surface area contributed by atoms with E-state index in [-0.39, 0.29) is 11.9 Å². The standard InChI is InChI=1S/C17H20O4/c1-10-5-4-6-12(17(18)20-3)15-13-9-11(19-2)7-8-14(13)21-16(10)15/h7-10,12H,4-6H2,1-3H3/t10-,12+/m1/s1. The van der Waals surface area contributed by atoms with Crippen LogP contribution in [0.3, 0.4) is 0 Å². The average Bonchev–Trinajstić information content (AvgIpc) is 2.80. The molecule has 1 aromatic carbocycles. The van der Waals surface area contributed by atoms with Gasteiger partial charge in [0.1, 0.15) is 17.1 Å². The number of ether oxygens (including phenoxy) is 2. The van der Waals surface area contributed by atoms with E-state index < -0.39 is 0 Å². The summed E-state index contributed by atoms with van der Waals surface area (Å²) in [6.07, 6.45) is 2.82. The van der Waals surface area contributed by atoms with Crippen LogP contribution in [0.1, 0.15) is 49.3 Å². The van der Waals surface area contributed by atoms with Crippen LogP contribution in [0.4, 0.5) is 0 Å². The number of esters is 1. The smallest absolute Gasteiger partial charge is 0.313 e. The predicted molar refractivity (Wildman–Crippen MR) is 79.8 cm³/mol. The van der Waals surface area contributed by atoms with Crippen LogP contribution in [-0.4, -0.2) is 20.2 Å². The molecule has 0 aliphatic heterocycles. The summed E-state index contributed by atoms with van der Waals surface area (Å²) < 4.78 is 16.3. The predicted octanol–water partition coefficient (Wildman–Crippen LogP) is 3.99. The number of rotatable bonds is 2. The summed E-state index contributed by atoms with van der Waals surface area (Å²) in [6, 6.07) is 5.73. The Morgan fingerprint density at radius 3 is 2.81 bits per heavy atom. The topological polar surface area (TPSA) is 48.7 Å². The fourth-order valence-corrected chi connectivity index (χ4v) is 3.25. The number of hydrogen-bond acceptors (Lipinski definition) is 4. The minimum absolute atomic E-state index is 0.184. The maximum atomic E-state index is 12.2. The Morgan fingerprint density at radius 1 is 1.29 bits per heavy atom. The van der Waals surface area contributed by atoms with Gasteiger partial charge < -0.3 is 13.9 Å². The van der Waals surface area contributed by atoms with Crippen molar-refractivity contribution in [2.75, 3.05) is 14.2 Å². The first-order valence-electron chi connectivity index (χ1n) is 7.34. The zero-order valence-corrected chi connectivity index (χ0v) is 12.6. The third-order valence-electron chi connectivity index (χ3n) is 4.37. The number of hydrogen-bond donors (Lipinski definition) is 0. The molecule has 0 radical (unpaired) electrons. The molecule has 112 valence electrons. The van der Waals surface area contributed by atoms with Crippen LogP contribution in [-0.2, 0) is 9.53 Å². The Hall–Kier alpha value is -1.97. The number of fused-ring (bicyclic) bond motifs is 3. The molecule has 2 atom stereocenters. The number of carbonyl (C=O) groups is 1. The summed E-state index contributed by atoms with van der Waals surface area (Å²) in [5.74, 6) is 1.57. The quantitative estimate of drug-likeness (QED) is 0.619. The van der Waals surface area contributed by atoms with Gasteiger partial charge in [0.25, 0.3) is 0 Å². The van der Waals surface area contributed by atoms with Gasteiger partial charge in [-0.25, -0.2) is 0 Å². The van der Waals surface area contributed by atoms with E-state index in [1.54, 1.807) is 7.11 Å². The summed E-state index contributed by atoms with van der Waals surface area (Å²) in [4.78, 5) is 12.2. The molecule has 0 N–H and O–H groups in total. The zero-order chi connectivity index (χ0) is 15.0. The monoisotopic (exact) mass is 288 g/mol. The van der Waals surface area contributed by atoms with Crippen LogP contribution in [0, 0.1) is 0 Å². The van der Waals surface area contributed by atoms with Gasteiger partial charge >= 0.3 is 5.97 Å². The van der Waals surface area contributed by atoms with Crippen LogP contribution in [0.2, 0.25) is 0 Å². The Morgan fingerprint density at radius 2 is 2.10 bits per heavy atom. The average molecular weight is 288 g/mol. The van der Waals surface area contributed by atoms with Crippen molar-refractivity contribution in [2.24, 2.45) is 0 Å². The van der Waals surface area contributed by atoms with Crippen molar-refractivity contribution in [3.05, 3.63) is 29.5 Å². The molecule has 0 saturated heterocycles. The zero-order valence-electron chi connectivity index (χ0n) is 12.6. The first kappa shape index (κ1) is 14.0. The van der Waals surface area contributed by atoms with E-state index in [9.17, 15) is 4.79 Å². The van der Waals surface area contributed by atoms with E-state index in [0.717, 1.165) is 47.3 Å². The highest BCUT2D eigenvalue weighted by molar-refractivity contribution is 5.91. The SMILES string of the molecule is COC(=O)[C@H]1CCC[C@@H](C)c2oc3ccc(OC)cc3c21.